The van der Waals surface area contributed by atoms with Crippen LogP contribution in [-0.4, -0.2) is 58.2 Å². The quantitative estimate of drug-likeness (QED) is 0.274. The summed E-state index contributed by atoms with van der Waals surface area (Å²) in [6.45, 7) is 3.99. The number of rotatable bonds is 9. The van der Waals surface area contributed by atoms with Crippen LogP contribution >= 0.6 is 23.7 Å². The van der Waals surface area contributed by atoms with Gasteiger partial charge in [0.15, 0.2) is 15.6 Å². The van der Waals surface area contributed by atoms with Crippen LogP contribution in [0.4, 0.5) is 0 Å². The highest BCUT2D eigenvalue weighted by Crippen LogP contribution is 2.47. The Kier molecular flexibility index (Phi) is 9.63. The average Bonchev–Trinajstić information content (AvgIpc) is 3.27. The minimum atomic E-state index is -3.04. The van der Waals surface area contributed by atoms with E-state index in [9.17, 15) is 8.42 Å². The highest BCUT2D eigenvalue weighted by atomic mass is 35.5. The molecule has 6 nitrogen and oxygen atoms in total. The van der Waals surface area contributed by atoms with Crippen LogP contribution in [0.25, 0.3) is 15.7 Å². The third-order valence-corrected chi connectivity index (χ3v) is 10.1. The van der Waals surface area contributed by atoms with Gasteiger partial charge in [-0.15, -0.1) is 23.7 Å². The molecule has 38 heavy (non-hydrogen) atoms. The fraction of sp³-hybridized carbons (Fsp3) is 0.448. The third kappa shape index (κ3) is 6.84. The summed E-state index contributed by atoms with van der Waals surface area (Å²) in [6.07, 6.45) is 9.19. The standard InChI is InChI=1S/C29H35NO5S2.ClH/c1-33-24-12-15-26-27(20-24)36-29(21-6-13-25(14-7-21)37(2,31)32)28(26)35-23-10-8-22(9-11-23)34-19-18-30-16-4-3-5-17-30;/h6,8-12,15,20,25H,3-5,7,13-14,16-19H2,1-2H3;1H. The molecular formula is C29H36ClNO5S2. The van der Waals surface area contributed by atoms with Crippen LogP contribution in [0.3, 0.4) is 0 Å². The first-order chi connectivity index (χ1) is 17.9. The molecule has 9 heteroatoms. The number of allylic oxidation sites excluding steroid dienone is 2. The summed E-state index contributed by atoms with van der Waals surface area (Å²) < 4.78 is 43.1. The molecule has 0 amide bonds. The lowest BCUT2D eigenvalue weighted by molar-refractivity contribution is 0.183. The molecule has 1 aliphatic heterocycles. The zero-order chi connectivity index (χ0) is 25.8. The number of hydrogen-bond acceptors (Lipinski definition) is 7. The van der Waals surface area contributed by atoms with Gasteiger partial charge in [-0.1, -0.05) is 12.5 Å². The van der Waals surface area contributed by atoms with Gasteiger partial charge in [0.2, 0.25) is 0 Å². The number of piperidine rings is 1. The Morgan fingerprint density at radius 2 is 1.71 bits per heavy atom. The van der Waals surface area contributed by atoms with Gasteiger partial charge < -0.3 is 14.2 Å². The lowest BCUT2D eigenvalue weighted by Gasteiger charge is -2.26. The highest BCUT2D eigenvalue weighted by molar-refractivity contribution is 7.91. The summed E-state index contributed by atoms with van der Waals surface area (Å²) in [6, 6.07) is 13.8. The van der Waals surface area contributed by atoms with E-state index in [1.165, 1.54) is 38.6 Å². The minimum absolute atomic E-state index is 0. The number of halogens is 1. The fourth-order valence-corrected chi connectivity index (χ4v) is 7.31. The maximum atomic E-state index is 12.0. The van der Waals surface area contributed by atoms with Crippen molar-refractivity contribution in [2.24, 2.45) is 0 Å². The molecule has 1 saturated heterocycles. The second kappa shape index (κ2) is 12.7. The van der Waals surface area contributed by atoms with Crippen molar-refractivity contribution in [2.45, 2.75) is 43.8 Å². The Morgan fingerprint density at radius 3 is 2.37 bits per heavy atom. The predicted molar refractivity (Wildman–Crippen MR) is 158 cm³/mol. The van der Waals surface area contributed by atoms with E-state index in [1.807, 2.05) is 42.5 Å². The number of benzene rings is 2. The molecule has 5 rings (SSSR count). The Labute approximate surface area is 235 Å². The predicted octanol–water partition coefficient (Wildman–Crippen LogP) is 6.97. The molecule has 1 aliphatic carbocycles. The van der Waals surface area contributed by atoms with Crippen molar-refractivity contribution in [1.82, 2.24) is 4.90 Å². The van der Waals surface area contributed by atoms with Crippen LogP contribution in [0.5, 0.6) is 23.0 Å². The first-order valence-corrected chi connectivity index (χ1v) is 15.8. The molecule has 1 atom stereocenters. The number of fused-ring (bicyclic) bond motifs is 1. The molecule has 0 saturated carbocycles. The van der Waals surface area contributed by atoms with Gasteiger partial charge in [0.25, 0.3) is 0 Å². The summed E-state index contributed by atoms with van der Waals surface area (Å²) in [5.41, 5.74) is 1.15. The Balaban J connectivity index is 0.00000336. The molecule has 206 valence electrons. The normalized spacial score (nSPS) is 18.5. The van der Waals surface area contributed by atoms with E-state index in [4.69, 9.17) is 14.2 Å². The van der Waals surface area contributed by atoms with Gasteiger partial charge in [-0.25, -0.2) is 8.42 Å². The first kappa shape index (κ1) is 28.7. The lowest BCUT2D eigenvalue weighted by Crippen LogP contribution is -2.33. The van der Waals surface area contributed by atoms with Gasteiger partial charge in [0.05, 0.1) is 17.2 Å². The molecule has 2 aromatic carbocycles. The highest BCUT2D eigenvalue weighted by Gasteiger charge is 2.27. The molecule has 1 unspecified atom stereocenters. The smallest absolute Gasteiger partial charge is 0.153 e. The largest absolute Gasteiger partial charge is 0.497 e. The second-order valence-electron chi connectivity index (χ2n) is 9.90. The van der Waals surface area contributed by atoms with E-state index in [1.54, 1.807) is 18.4 Å². The number of nitrogens with zero attached hydrogens (tertiary/aromatic N) is 1. The molecule has 0 N–H and O–H groups in total. The van der Waals surface area contributed by atoms with Gasteiger partial charge in [-0.05, 0) is 93.2 Å². The van der Waals surface area contributed by atoms with Crippen LogP contribution in [-0.2, 0) is 9.84 Å². The van der Waals surface area contributed by atoms with Gasteiger partial charge in [-0.2, -0.15) is 0 Å². The molecule has 0 radical (unpaired) electrons. The maximum absolute atomic E-state index is 12.0. The number of thiophene rings is 1. The third-order valence-electron chi connectivity index (χ3n) is 7.28. The summed E-state index contributed by atoms with van der Waals surface area (Å²) in [4.78, 5) is 3.52. The second-order valence-corrected chi connectivity index (χ2v) is 13.3. The summed E-state index contributed by atoms with van der Waals surface area (Å²) in [5, 5.41) is 0.714. The first-order valence-electron chi connectivity index (χ1n) is 13.0. The molecule has 0 spiro atoms. The van der Waals surface area contributed by atoms with Crippen LogP contribution < -0.4 is 14.2 Å². The molecular weight excluding hydrogens is 542 g/mol. The molecule has 2 heterocycles. The van der Waals surface area contributed by atoms with Crippen molar-refractivity contribution in [1.29, 1.82) is 0 Å². The molecule has 1 fully saturated rings. The van der Waals surface area contributed by atoms with Crippen LogP contribution in [0, 0.1) is 0 Å². The fourth-order valence-electron chi connectivity index (χ4n) is 5.10. The van der Waals surface area contributed by atoms with Crippen molar-refractivity contribution >= 4 is 49.2 Å². The zero-order valence-electron chi connectivity index (χ0n) is 22.0. The van der Waals surface area contributed by atoms with E-state index < -0.39 is 9.84 Å². The number of methoxy groups -OCH3 is 1. The topological polar surface area (TPSA) is 65.1 Å². The van der Waals surface area contributed by atoms with E-state index >= 15 is 0 Å². The van der Waals surface area contributed by atoms with Gasteiger partial charge in [-0.3, -0.25) is 4.90 Å². The van der Waals surface area contributed by atoms with Crippen LogP contribution in [0.1, 0.15) is 43.4 Å². The molecule has 2 aliphatic rings. The SMILES string of the molecule is COc1ccc2c(Oc3ccc(OCCN4CCCCC4)cc3)c(C3=CCC(S(C)(=O)=O)CC3)sc2c1.Cl. The van der Waals surface area contributed by atoms with Crippen molar-refractivity contribution < 1.29 is 22.6 Å². The van der Waals surface area contributed by atoms with Gasteiger partial charge >= 0.3 is 0 Å². The van der Waals surface area contributed by atoms with Gasteiger partial charge in [0, 0.05) is 22.9 Å². The Bertz CT molecular complexity index is 1360. The van der Waals surface area contributed by atoms with Crippen LogP contribution in [0.15, 0.2) is 48.5 Å². The van der Waals surface area contributed by atoms with E-state index in [-0.39, 0.29) is 17.7 Å². The molecule has 0 bridgehead atoms. The van der Waals surface area contributed by atoms with Crippen molar-refractivity contribution in [2.75, 3.05) is 39.6 Å². The Hall–Kier alpha value is -2.26. The number of sulfone groups is 1. The summed E-state index contributed by atoms with van der Waals surface area (Å²) in [5.74, 6) is 3.19. The van der Waals surface area contributed by atoms with Crippen molar-refractivity contribution in [3.8, 4) is 23.0 Å². The molecule has 1 aromatic heterocycles. The maximum Gasteiger partial charge on any atom is 0.153 e. The summed E-state index contributed by atoms with van der Waals surface area (Å²) >= 11 is 1.66. The van der Waals surface area contributed by atoms with E-state index in [0.29, 0.717) is 25.9 Å². The van der Waals surface area contributed by atoms with Gasteiger partial charge in [0.1, 0.15) is 23.9 Å². The average molecular weight is 578 g/mol. The lowest BCUT2D eigenvalue weighted by atomic mass is 9.97. The summed E-state index contributed by atoms with van der Waals surface area (Å²) in [7, 11) is -1.38. The zero-order valence-corrected chi connectivity index (χ0v) is 24.4. The number of hydrogen-bond donors (Lipinski definition) is 0. The minimum Gasteiger partial charge on any atom is -0.497 e. The number of likely N-dealkylation sites (tertiary alicyclic amines) is 1. The number of ether oxygens (including phenoxy) is 3. The van der Waals surface area contributed by atoms with Crippen LogP contribution in [0.2, 0.25) is 0 Å². The Morgan fingerprint density at radius 1 is 1.00 bits per heavy atom. The molecule has 3 aromatic rings. The van der Waals surface area contributed by atoms with E-state index in [2.05, 4.69) is 11.0 Å². The van der Waals surface area contributed by atoms with Crippen molar-refractivity contribution in [3.63, 3.8) is 0 Å². The van der Waals surface area contributed by atoms with E-state index in [0.717, 1.165) is 50.1 Å². The monoisotopic (exact) mass is 577 g/mol. The van der Waals surface area contributed by atoms with Crippen molar-refractivity contribution in [3.05, 3.63) is 53.4 Å².